The van der Waals surface area contributed by atoms with E-state index in [1.54, 1.807) is 12.4 Å². The molecule has 14 heavy (non-hydrogen) atoms. The van der Waals surface area contributed by atoms with Crippen molar-refractivity contribution in [3.05, 3.63) is 49.1 Å². The highest BCUT2D eigenvalue weighted by Crippen LogP contribution is 2.22. The first-order valence-corrected chi connectivity index (χ1v) is 4.44. The van der Waals surface area contributed by atoms with Crippen LogP contribution in [0.5, 0.6) is 0 Å². The molecule has 0 saturated heterocycles. The quantitative estimate of drug-likeness (QED) is 0.496. The smallest absolute Gasteiger partial charge is 0.0977 e. The Morgan fingerprint density at radius 1 is 0.929 bits per heavy atom. The zero-order chi connectivity index (χ0) is 9.38. The Balaban J connectivity index is 2.61. The minimum absolute atomic E-state index is 1.06. The number of hydrogen-bond donors (Lipinski definition) is 0. The highest BCUT2D eigenvalue weighted by atomic mass is 14.6. The molecule has 0 saturated carbocycles. The molecule has 3 rings (SSSR count). The molecule has 2 heterocycles. The molecule has 2 aromatic heterocycles. The minimum atomic E-state index is 1.06. The molecule has 3 aromatic rings. The van der Waals surface area contributed by atoms with E-state index in [0.29, 0.717) is 0 Å². The Labute approximate surface area is 81.2 Å². The van der Waals surface area contributed by atoms with Gasteiger partial charge in [0.05, 0.1) is 6.20 Å². The molecule has 2 nitrogen and oxygen atoms in total. The molecule has 1 aromatic carbocycles. The van der Waals surface area contributed by atoms with Gasteiger partial charge < -0.3 is 0 Å². The first-order valence-electron chi connectivity index (χ1n) is 4.44. The Kier molecular flexibility index (Phi) is 1.47. The number of pyridine rings is 2. The van der Waals surface area contributed by atoms with Crippen molar-refractivity contribution in [3.63, 3.8) is 0 Å². The predicted molar refractivity (Wildman–Crippen MR) is 55.9 cm³/mol. The van der Waals surface area contributed by atoms with Crippen molar-refractivity contribution in [3.8, 4) is 0 Å². The second-order valence-electron chi connectivity index (χ2n) is 3.18. The van der Waals surface area contributed by atoms with Crippen molar-refractivity contribution in [1.82, 2.24) is 9.97 Å². The lowest BCUT2D eigenvalue weighted by atomic mass is 10.1. The lowest BCUT2D eigenvalue weighted by molar-refractivity contribution is 1.34. The summed E-state index contributed by atoms with van der Waals surface area (Å²) in [6.45, 7) is 0. The van der Waals surface area contributed by atoms with Crippen molar-refractivity contribution in [2.45, 2.75) is 0 Å². The molecule has 1 radical (unpaired) electrons. The molecule has 0 aliphatic carbocycles. The molecule has 0 N–H and O–H groups in total. The summed E-state index contributed by atoms with van der Waals surface area (Å²) in [4.78, 5) is 8.10. The summed E-state index contributed by atoms with van der Waals surface area (Å²) in [6.07, 6.45) is 8.43. The molecule has 0 spiro atoms. The third-order valence-corrected chi connectivity index (χ3v) is 2.36. The van der Waals surface area contributed by atoms with Crippen LogP contribution in [0.3, 0.4) is 0 Å². The fraction of sp³-hybridized carbons (Fsp3) is 0. The van der Waals surface area contributed by atoms with E-state index in [0.717, 1.165) is 16.2 Å². The van der Waals surface area contributed by atoms with E-state index in [1.165, 1.54) is 5.39 Å². The molecule has 0 unspecified atom stereocenters. The van der Waals surface area contributed by atoms with Gasteiger partial charge in [0.2, 0.25) is 0 Å². The lowest BCUT2D eigenvalue weighted by Crippen LogP contribution is -1.80. The van der Waals surface area contributed by atoms with Crippen LogP contribution in [0.25, 0.3) is 21.5 Å². The number of fused-ring (bicyclic) bond motifs is 3. The topological polar surface area (TPSA) is 25.8 Å². The van der Waals surface area contributed by atoms with Gasteiger partial charge in [-0.15, -0.1) is 0 Å². The van der Waals surface area contributed by atoms with Crippen LogP contribution in [-0.4, -0.2) is 9.97 Å². The van der Waals surface area contributed by atoms with E-state index < -0.39 is 0 Å². The summed E-state index contributed by atoms with van der Waals surface area (Å²) >= 11 is 0. The minimum Gasteiger partial charge on any atom is -0.264 e. The number of rotatable bonds is 0. The fourth-order valence-electron chi connectivity index (χ4n) is 1.67. The zero-order valence-electron chi connectivity index (χ0n) is 7.44. The van der Waals surface area contributed by atoms with Crippen LogP contribution in [0, 0.1) is 6.20 Å². The maximum absolute atomic E-state index is 4.09. The largest absolute Gasteiger partial charge is 0.264 e. The van der Waals surface area contributed by atoms with Crippen LogP contribution < -0.4 is 0 Å². The molecule has 0 amide bonds. The Hall–Kier alpha value is -1.96. The van der Waals surface area contributed by atoms with E-state index >= 15 is 0 Å². The Morgan fingerprint density at radius 2 is 1.86 bits per heavy atom. The fourth-order valence-corrected chi connectivity index (χ4v) is 1.67. The number of nitrogens with zero attached hydrogens (tertiary/aromatic N) is 2. The highest BCUT2D eigenvalue weighted by Gasteiger charge is 1.99. The predicted octanol–water partition coefficient (Wildman–Crippen LogP) is 2.58. The van der Waals surface area contributed by atoms with Crippen LogP contribution in [0.1, 0.15) is 0 Å². The Morgan fingerprint density at radius 3 is 2.86 bits per heavy atom. The van der Waals surface area contributed by atoms with Gasteiger partial charge in [-0.3, -0.25) is 9.97 Å². The van der Waals surface area contributed by atoms with E-state index in [-0.39, 0.29) is 0 Å². The summed E-state index contributed by atoms with van der Waals surface area (Å²) in [5, 5.41) is 4.51. The summed E-state index contributed by atoms with van der Waals surface area (Å²) in [5.74, 6) is 0. The number of aromatic nitrogens is 2. The van der Waals surface area contributed by atoms with Crippen LogP contribution in [0.2, 0.25) is 0 Å². The highest BCUT2D eigenvalue weighted by molar-refractivity contribution is 6.06. The van der Waals surface area contributed by atoms with Crippen molar-refractivity contribution < 1.29 is 0 Å². The first kappa shape index (κ1) is 7.44. The molecule has 0 aliphatic rings. The van der Waals surface area contributed by atoms with Crippen molar-refractivity contribution in [2.75, 3.05) is 0 Å². The maximum atomic E-state index is 4.09. The number of benzene rings is 1. The van der Waals surface area contributed by atoms with Gasteiger partial charge in [-0.05, 0) is 22.9 Å². The zero-order valence-corrected chi connectivity index (χ0v) is 7.44. The first-order chi connectivity index (χ1) is 6.95. The normalized spacial score (nSPS) is 10.9. The lowest BCUT2D eigenvalue weighted by Gasteiger charge is -2.00. The van der Waals surface area contributed by atoms with E-state index in [9.17, 15) is 0 Å². The molecular formula is C12H7N2. The van der Waals surface area contributed by atoms with Crippen LogP contribution >= 0.6 is 0 Å². The van der Waals surface area contributed by atoms with Gasteiger partial charge in [-0.1, -0.05) is 12.1 Å². The van der Waals surface area contributed by atoms with E-state index in [4.69, 9.17) is 0 Å². The molecular weight excluding hydrogens is 172 g/mol. The van der Waals surface area contributed by atoms with Gasteiger partial charge in [0.1, 0.15) is 0 Å². The molecule has 0 atom stereocenters. The second kappa shape index (κ2) is 2.77. The van der Waals surface area contributed by atoms with Crippen LogP contribution in [-0.2, 0) is 0 Å². The number of hydrogen-bond acceptors (Lipinski definition) is 2. The Bertz CT molecular complexity index is 547. The third-order valence-electron chi connectivity index (χ3n) is 2.36. The van der Waals surface area contributed by atoms with Crippen molar-refractivity contribution in [2.24, 2.45) is 0 Å². The second-order valence-corrected chi connectivity index (χ2v) is 3.18. The van der Waals surface area contributed by atoms with Crippen LogP contribution in [0.15, 0.2) is 42.9 Å². The average molecular weight is 179 g/mol. The summed E-state index contributed by atoms with van der Waals surface area (Å²) in [5.41, 5.74) is 0. The summed E-state index contributed by atoms with van der Waals surface area (Å²) in [7, 11) is 0. The SMILES string of the molecule is [c]1nccc2ccc3cnccc3c12. The molecule has 2 heteroatoms. The van der Waals surface area contributed by atoms with Crippen LogP contribution in [0.4, 0.5) is 0 Å². The average Bonchev–Trinajstić information content (AvgIpc) is 2.29. The van der Waals surface area contributed by atoms with Crippen molar-refractivity contribution in [1.29, 1.82) is 0 Å². The van der Waals surface area contributed by atoms with Gasteiger partial charge >= 0.3 is 0 Å². The summed E-state index contributed by atoms with van der Waals surface area (Å²) < 4.78 is 0. The van der Waals surface area contributed by atoms with Gasteiger partial charge in [0.25, 0.3) is 0 Å². The third kappa shape index (κ3) is 0.973. The molecule has 0 bridgehead atoms. The van der Waals surface area contributed by atoms with Crippen molar-refractivity contribution >= 4 is 21.5 Å². The van der Waals surface area contributed by atoms with Gasteiger partial charge in [0, 0.05) is 29.4 Å². The van der Waals surface area contributed by atoms with Gasteiger partial charge in [0.15, 0.2) is 0 Å². The maximum Gasteiger partial charge on any atom is 0.0977 e. The molecule has 0 fully saturated rings. The standard InChI is InChI=1S/C12H7N2/c1-2-10-7-13-6-4-11(10)12-8-14-5-3-9(1)12/h1-7H. The molecule has 0 aliphatic heterocycles. The van der Waals surface area contributed by atoms with Gasteiger partial charge in [-0.2, -0.15) is 0 Å². The van der Waals surface area contributed by atoms with Gasteiger partial charge in [-0.25, -0.2) is 0 Å². The van der Waals surface area contributed by atoms with E-state index in [2.05, 4.69) is 28.3 Å². The van der Waals surface area contributed by atoms with E-state index in [1.807, 2.05) is 18.3 Å². The summed E-state index contributed by atoms with van der Waals surface area (Å²) in [6, 6.07) is 8.12. The molecule has 65 valence electrons. The monoisotopic (exact) mass is 179 g/mol.